The van der Waals surface area contributed by atoms with Gasteiger partial charge in [0, 0.05) is 13.7 Å². The molecule has 27 heavy (non-hydrogen) atoms. The zero-order chi connectivity index (χ0) is 18.5. The molecule has 0 aliphatic rings. The maximum absolute atomic E-state index is 5.88. The number of nitrogens with two attached hydrogens (primary N) is 1. The first-order chi connectivity index (χ1) is 12.8. The lowest BCUT2D eigenvalue weighted by molar-refractivity contribution is 0.208. The predicted molar refractivity (Wildman–Crippen MR) is 122 cm³/mol. The van der Waals surface area contributed by atoms with Crippen LogP contribution in [-0.2, 0) is 17.6 Å². The summed E-state index contributed by atoms with van der Waals surface area (Å²) in [6, 6.07) is 18.7. The Morgan fingerprint density at radius 2 is 1.78 bits per heavy atom. The third kappa shape index (κ3) is 10.2. The zero-order valence-corrected chi connectivity index (χ0v) is 18.2. The third-order valence-corrected chi connectivity index (χ3v) is 3.92. The Hall–Kier alpha value is -1.80. The maximum Gasteiger partial charge on any atom is 0.188 e. The second kappa shape index (κ2) is 14.3. The maximum atomic E-state index is 5.88. The molecule has 2 aromatic rings. The molecule has 0 aromatic heterocycles. The van der Waals surface area contributed by atoms with Gasteiger partial charge in [-0.25, -0.2) is 0 Å². The number of methoxy groups -OCH3 is 1. The molecule has 0 saturated heterocycles. The number of aliphatic imine (C=N–C) groups is 1. The van der Waals surface area contributed by atoms with Gasteiger partial charge in [0.05, 0.1) is 19.8 Å². The number of halogens is 1. The quantitative estimate of drug-likeness (QED) is 0.223. The Kier molecular flexibility index (Phi) is 12.3. The second-order valence-electron chi connectivity index (χ2n) is 6.02. The lowest BCUT2D eigenvalue weighted by atomic mass is 10.1. The van der Waals surface area contributed by atoms with Gasteiger partial charge in [-0.05, 0) is 42.5 Å². The van der Waals surface area contributed by atoms with Crippen LogP contribution in [0.1, 0.15) is 17.5 Å². The van der Waals surface area contributed by atoms with Gasteiger partial charge >= 0.3 is 0 Å². The first kappa shape index (κ1) is 23.2. The molecule has 2 rings (SSSR count). The van der Waals surface area contributed by atoms with Gasteiger partial charge in [-0.3, -0.25) is 4.99 Å². The minimum atomic E-state index is 0. The zero-order valence-electron chi connectivity index (χ0n) is 15.9. The van der Waals surface area contributed by atoms with Crippen LogP contribution in [0.15, 0.2) is 59.6 Å². The molecule has 2 aromatic carbocycles. The SMILES string of the molecule is COCCN=C(N)NCCc1cccc(OCCCc2ccccc2)c1.I. The topological polar surface area (TPSA) is 68.9 Å². The highest BCUT2D eigenvalue weighted by atomic mass is 127. The summed E-state index contributed by atoms with van der Waals surface area (Å²) in [6.45, 7) is 2.60. The van der Waals surface area contributed by atoms with Gasteiger partial charge in [0.15, 0.2) is 5.96 Å². The minimum absolute atomic E-state index is 0. The molecule has 3 N–H and O–H groups in total. The molecular weight excluding hydrogens is 453 g/mol. The lowest BCUT2D eigenvalue weighted by Crippen LogP contribution is -2.33. The van der Waals surface area contributed by atoms with E-state index < -0.39 is 0 Å². The standard InChI is InChI=1S/C21H29N3O2.HI/c1-25-16-14-24-21(22)23-13-12-19-9-5-11-20(17-19)26-15-6-10-18-7-3-2-4-8-18;/h2-5,7-9,11,17H,6,10,12-16H2,1H3,(H3,22,23,24);1H. The molecule has 6 heteroatoms. The largest absolute Gasteiger partial charge is 0.494 e. The van der Waals surface area contributed by atoms with E-state index in [1.807, 2.05) is 18.2 Å². The van der Waals surface area contributed by atoms with E-state index >= 15 is 0 Å². The monoisotopic (exact) mass is 483 g/mol. The average molecular weight is 483 g/mol. The van der Waals surface area contributed by atoms with Crippen LogP contribution < -0.4 is 15.8 Å². The Morgan fingerprint density at radius 1 is 1.00 bits per heavy atom. The van der Waals surface area contributed by atoms with E-state index in [-0.39, 0.29) is 24.0 Å². The molecule has 0 radical (unpaired) electrons. The Morgan fingerprint density at radius 3 is 2.56 bits per heavy atom. The van der Waals surface area contributed by atoms with Crippen LogP contribution in [0.4, 0.5) is 0 Å². The van der Waals surface area contributed by atoms with Crippen LogP contribution in [0.25, 0.3) is 0 Å². The van der Waals surface area contributed by atoms with Crippen LogP contribution in [0.2, 0.25) is 0 Å². The molecular formula is C21H30IN3O2. The molecule has 0 unspecified atom stereocenters. The fraction of sp³-hybridized carbons (Fsp3) is 0.381. The van der Waals surface area contributed by atoms with Gasteiger partial charge in [0.25, 0.3) is 0 Å². The van der Waals surface area contributed by atoms with Gasteiger partial charge in [-0.15, -0.1) is 24.0 Å². The van der Waals surface area contributed by atoms with Crippen LogP contribution in [-0.4, -0.2) is 39.4 Å². The van der Waals surface area contributed by atoms with Crippen molar-refractivity contribution >= 4 is 29.9 Å². The van der Waals surface area contributed by atoms with Gasteiger partial charge < -0.3 is 20.5 Å². The summed E-state index contributed by atoms with van der Waals surface area (Å²) in [5, 5.41) is 3.11. The van der Waals surface area contributed by atoms with E-state index in [2.05, 4.69) is 46.7 Å². The van der Waals surface area contributed by atoms with Crippen LogP contribution in [0.5, 0.6) is 5.75 Å². The molecule has 0 spiro atoms. The average Bonchev–Trinajstić information content (AvgIpc) is 2.67. The van der Waals surface area contributed by atoms with E-state index in [0.29, 0.717) is 19.1 Å². The summed E-state index contributed by atoms with van der Waals surface area (Å²) in [6.07, 6.45) is 2.90. The predicted octanol–water partition coefficient (Wildman–Crippen LogP) is 3.41. The number of nitrogens with one attached hydrogen (secondary N) is 1. The molecule has 0 saturated carbocycles. The molecule has 0 heterocycles. The van der Waals surface area contributed by atoms with E-state index in [4.69, 9.17) is 15.2 Å². The van der Waals surface area contributed by atoms with Gasteiger partial charge in [0.2, 0.25) is 0 Å². The Balaban J connectivity index is 0.00000364. The highest BCUT2D eigenvalue weighted by molar-refractivity contribution is 14.0. The van der Waals surface area contributed by atoms with E-state index in [1.54, 1.807) is 7.11 Å². The molecule has 5 nitrogen and oxygen atoms in total. The highest BCUT2D eigenvalue weighted by Crippen LogP contribution is 2.14. The summed E-state index contributed by atoms with van der Waals surface area (Å²) >= 11 is 0. The molecule has 0 fully saturated rings. The summed E-state index contributed by atoms with van der Waals surface area (Å²) in [5.41, 5.74) is 8.35. The number of aryl methyl sites for hydroxylation is 1. The second-order valence-corrected chi connectivity index (χ2v) is 6.02. The Bertz CT molecular complexity index is 665. The number of ether oxygens (including phenoxy) is 2. The van der Waals surface area contributed by atoms with Crippen molar-refractivity contribution < 1.29 is 9.47 Å². The number of hydrogen-bond acceptors (Lipinski definition) is 3. The van der Waals surface area contributed by atoms with Crippen LogP contribution in [0, 0.1) is 0 Å². The fourth-order valence-electron chi connectivity index (χ4n) is 2.55. The number of guanidine groups is 1. The molecule has 0 bridgehead atoms. The summed E-state index contributed by atoms with van der Waals surface area (Å²) in [5.74, 6) is 1.37. The molecule has 0 amide bonds. The summed E-state index contributed by atoms with van der Waals surface area (Å²) in [4.78, 5) is 4.17. The number of benzene rings is 2. The van der Waals surface area contributed by atoms with Gasteiger partial charge in [-0.2, -0.15) is 0 Å². The first-order valence-electron chi connectivity index (χ1n) is 9.06. The van der Waals surface area contributed by atoms with Crippen molar-refractivity contribution in [2.24, 2.45) is 10.7 Å². The smallest absolute Gasteiger partial charge is 0.188 e. The van der Waals surface area contributed by atoms with Crippen LogP contribution >= 0.6 is 24.0 Å². The number of hydrogen-bond donors (Lipinski definition) is 2. The van der Waals surface area contributed by atoms with Crippen molar-refractivity contribution in [3.63, 3.8) is 0 Å². The van der Waals surface area contributed by atoms with Crippen molar-refractivity contribution in [1.29, 1.82) is 0 Å². The Labute approximate surface area is 179 Å². The molecule has 0 atom stereocenters. The van der Waals surface area contributed by atoms with Gasteiger partial charge in [0.1, 0.15) is 5.75 Å². The van der Waals surface area contributed by atoms with E-state index in [1.165, 1.54) is 11.1 Å². The number of rotatable bonds is 11. The minimum Gasteiger partial charge on any atom is -0.494 e. The number of nitrogens with zero attached hydrogens (tertiary/aromatic N) is 1. The fourth-order valence-corrected chi connectivity index (χ4v) is 2.55. The lowest BCUT2D eigenvalue weighted by Gasteiger charge is -2.09. The molecule has 148 valence electrons. The van der Waals surface area contributed by atoms with Crippen molar-refractivity contribution in [3.8, 4) is 5.75 Å². The summed E-state index contributed by atoms with van der Waals surface area (Å²) in [7, 11) is 1.65. The van der Waals surface area contributed by atoms with Gasteiger partial charge in [-0.1, -0.05) is 42.5 Å². The first-order valence-corrected chi connectivity index (χ1v) is 9.06. The van der Waals surface area contributed by atoms with Crippen molar-refractivity contribution in [3.05, 3.63) is 65.7 Å². The highest BCUT2D eigenvalue weighted by Gasteiger charge is 1.99. The van der Waals surface area contributed by atoms with Crippen molar-refractivity contribution in [1.82, 2.24) is 5.32 Å². The normalized spacial score (nSPS) is 10.9. The summed E-state index contributed by atoms with van der Waals surface area (Å²) < 4.78 is 10.8. The van der Waals surface area contributed by atoms with Crippen molar-refractivity contribution in [2.75, 3.05) is 33.4 Å². The van der Waals surface area contributed by atoms with E-state index in [9.17, 15) is 0 Å². The molecule has 0 aliphatic carbocycles. The van der Waals surface area contributed by atoms with E-state index in [0.717, 1.165) is 38.2 Å². The van der Waals surface area contributed by atoms with Crippen LogP contribution in [0.3, 0.4) is 0 Å². The van der Waals surface area contributed by atoms with Crippen molar-refractivity contribution in [2.45, 2.75) is 19.3 Å². The third-order valence-electron chi connectivity index (χ3n) is 3.92. The molecule has 0 aliphatic heterocycles.